The third-order valence-corrected chi connectivity index (χ3v) is 6.78. The number of rotatable bonds is 5. The molecule has 1 atom stereocenters. The van der Waals surface area contributed by atoms with Gasteiger partial charge in [0.15, 0.2) is 0 Å². The second kappa shape index (κ2) is 6.80. The van der Waals surface area contributed by atoms with Gasteiger partial charge in [0.1, 0.15) is 0 Å². The van der Waals surface area contributed by atoms with Crippen LogP contribution in [0.25, 0.3) is 0 Å². The fourth-order valence-corrected chi connectivity index (χ4v) is 5.01. The number of nitrogens with zero attached hydrogens (tertiary/aromatic N) is 2. The molecule has 0 unspecified atom stereocenters. The number of ether oxygens (including phenoxy) is 1. The highest BCUT2D eigenvalue weighted by Crippen LogP contribution is 2.45. The van der Waals surface area contributed by atoms with Gasteiger partial charge in [-0.25, -0.2) is 0 Å². The van der Waals surface area contributed by atoms with Crippen molar-refractivity contribution in [3.8, 4) is 0 Å². The predicted molar refractivity (Wildman–Crippen MR) is 94.6 cm³/mol. The third kappa shape index (κ3) is 3.41. The van der Waals surface area contributed by atoms with E-state index in [4.69, 9.17) is 4.74 Å². The number of hydrogen-bond donors (Lipinski definition) is 0. The molecule has 2 heterocycles. The molecule has 0 N–H and O–H groups in total. The number of carbonyl (C=O) groups excluding carboxylic acids is 1. The highest BCUT2D eigenvalue weighted by atomic mass is 16.5. The van der Waals surface area contributed by atoms with Crippen molar-refractivity contribution < 1.29 is 9.53 Å². The summed E-state index contributed by atoms with van der Waals surface area (Å²) in [5.74, 6) is 2.11. The van der Waals surface area contributed by atoms with Crippen LogP contribution in [0.15, 0.2) is 12.2 Å². The molecule has 4 rings (SSSR count). The lowest BCUT2D eigenvalue weighted by Crippen LogP contribution is -2.48. The van der Waals surface area contributed by atoms with Gasteiger partial charge in [-0.05, 0) is 56.9 Å². The maximum atomic E-state index is 12.7. The minimum Gasteiger partial charge on any atom is -0.381 e. The Balaban J connectivity index is 1.32. The van der Waals surface area contributed by atoms with Crippen LogP contribution in [-0.4, -0.2) is 62.1 Å². The topological polar surface area (TPSA) is 32.8 Å². The zero-order chi connectivity index (χ0) is 16.6. The van der Waals surface area contributed by atoms with E-state index in [-0.39, 0.29) is 5.92 Å². The van der Waals surface area contributed by atoms with Gasteiger partial charge in [0.25, 0.3) is 0 Å². The number of hydrogen-bond acceptors (Lipinski definition) is 3. The van der Waals surface area contributed by atoms with Crippen molar-refractivity contribution in [2.75, 3.05) is 46.4 Å². The Kier molecular flexibility index (Phi) is 4.70. The summed E-state index contributed by atoms with van der Waals surface area (Å²) < 4.78 is 6.06. The van der Waals surface area contributed by atoms with Crippen molar-refractivity contribution in [1.29, 1.82) is 0 Å². The van der Waals surface area contributed by atoms with Crippen molar-refractivity contribution in [1.82, 2.24) is 9.80 Å². The van der Waals surface area contributed by atoms with E-state index in [0.717, 1.165) is 64.4 Å². The Morgan fingerprint density at radius 3 is 2.54 bits per heavy atom. The smallest absolute Gasteiger partial charge is 0.226 e. The lowest BCUT2D eigenvalue weighted by molar-refractivity contribution is -0.138. The molecule has 4 nitrogen and oxygen atoms in total. The molecule has 0 radical (unpaired) electrons. The lowest BCUT2D eigenvalue weighted by atomic mass is 9.71. The monoisotopic (exact) mass is 332 g/mol. The highest BCUT2D eigenvalue weighted by Gasteiger charge is 2.47. The first kappa shape index (κ1) is 16.6. The first-order chi connectivity index (χ1) is 11.7. The molecule has 2 saturated heterocycles. The summed E-state index contributed by atoms with van der Waals surface area (Å²) in [6, 6.07) is 0. The SMILES string of the molecule is CN1C[C@@H](COCC2CC2)C2(CCN(C(=O)C3CC=CC3)CC2)C1. The summed E-state index contributed by atoms with van der Waals surface area (Å²) >= 11 is 0. The highest BCUT2D eigenvalue weighted by molar-refractivity contribution is 5.79. The quantitative estimate of drug-likeness (QED) is 0.726. The third-order valence-electron chi connectivity index (χ3n) is 6.78. The van der Waals surface area contributed by atoms with Gasteiger partial charge in [-0.2, -0.15) is 0 Å². The molecule has 4 aliphatic rings. The van der Waals surface area contributed by atoms with E-state index < -0.39 is 0 Å². The van der Waals surface area contributed by atoms with Crippen molar-refractivity contribution in [3.05, 3.63) is 12.2 Å². The molecule has 1 amide bonds. The average molecular weight is 332 g/mol. The number of amides is 1. The van der Waals surface area contributed by atoms with Crippen LogP contribution in [0.5, 0.6) is 0 Å². The van der Waals surface area contributed by atoms with Gasteiger partial charge in [0.2, 0.25) is 5.91 Å². The molecule has 4 heteroatoms. The summed E-state index contributed by atoms with van der Waals surface area (Å²) in [4.78, 5) is 17.3. The molecule has 0 aromatic heterocycles. The minimum atomic E-state index is 0.225. The number of likely N-dealkylation sites (tertiary alicyclic amines) is 2. The van der Waals surface area contributed by atoms with Gasteiger partial charge in [0, 0.05) is 44.6 Å². The molecule has 2 aliphatic carbocycles. The van der Waals surface area contributed by atoms with Gasteiger partial charge in [-0.15, -0.1) is 0 Å². The molecule has 134 valence electrons. The van der Waals surface area contributed by atoms with Crippen molar-refractivity contribution in [2.24, 2.45) is 23.2 Å². The number of carbonyl (C=O) groups is 1. The number of allylic oxidation sites excluding steroid dienone is 2. The maximum Gasteiger partial charge on any atom is 0.226 e. The van der Waals surface area contributed by atoms with Crippen molar-refractivity contribution in [3.63, 3.8) is 0 Å². The van der Waals surface area contributed by atoms with Crippen molar-refractivity contribution >= 4 is 5.91 Å². The fourth-order valence-electron chi connectivity index (χ4n) is 5.01. The number of piperidine rings is 1. The van der Waals surface area contributed by atoms with Crippen LogP contribution in [0.1, 0.15) is 38.5 Å². The normalized spacial score (nSPS) is 30.5. The Hall–Kier alpha value is -0.870. The van der Waals surface area contributed by atoms with Gasteiger partial charge in [-0.3, -0.25) is 4.79 Å². The van der Waals surface area contributed by atoms with E-state index in [1.165, 1.54) is 19.4 Å². The Bertz CT molecular complexity index is 484. The Morgan fingerprint density at radius 1 is 1.17 bits per heavy atom. The lowest BCUT2D eigenvalue weighted by Gasteiger charge is -2.43. The van der Waals surface area contributed by atoms with Gasteiger partial charge >= 0.3 is 0 Å². The first-order valence-corrected chi connectivity index (χ1v) is 9.86. The zero-order valence-electron chi connectivity index (χ0n) is 15.1. The van der Waals surface area contributed by atoms with E-state index in [1.54, 1.807) is 0 Å². The van der Waals surface area contributed by atoms with Crippen LogP contribution in [0, 0.1) is 23.2 Å². The predicted octanol–water partition coefficient (Wildman–Crippen LogP) is 2.55. The summed E-state index contributed by atoms with van der Waals surface area (Å²) in [6.07, 6.45) is 11.2. The standard InChI is InChI=1S/C20H32N2O2/c1-21-12-18(14-24-13-16-6-7-16)20(15-21)8-10-22(11-9-20)19(23)17-4-2-3-5-17/h2-3,16-18H,4-15H2,1H3/t18-/m0/s1. The largest absolute Gasteiger partial charge is 0.381 e. The van der Waals surface area contributed by atoms with Crippen LogP contribution in [0.4, 0.5) is 0 Å². The van der Waals surface area contributed by atoms with Crippen LogP contribution in [-0.2, 0) is 9.53 Å². The molecule has 3 fully saturated rings. The second-order valence-corrected chi connectivity index (χ2v) is 8.70. The minimum absolute atomic E-state index is 0.225. The Labute approximate surface area is 146 Å². The molecule has 0 bridgehead atoms. The summed E-state index contributed by atoms with van der Waals surface area (Å²) in [5.41, 5.74) is 0.378. The second-order valence-electron chi connectivity index (χ2n) is 8.70. The summed E-state index contributed by atoms with van der Waals surface area (Å²) in [7, 11) is 2.24. The molecular weight excluding hydrogens is 300 g/mol. The van der Waals surface area contributed by atoms with E-state index in [0.29, 0.717) is 17.2 Å². The van der Waals surface area contributed by atoms with Crippen LogP contribution >= 0.6 is 0 Å². The van der Waals surface area contributed by atoms with Crippen molar-refractivity contribution in [2.45, 2.75) is 38.5 Å². The molecule has 2 aliphatic heterocycles. The van der Waals surface area contributed by atoms with E-state index in [9.17, 15) is 4.79 Å². The first-order valence-electron chi connectivity index (χ1n) is 9.86. The zero-order valence-corrected chi connectivity index (χ0v) is 15.1. The van der Waals surface area contributed by atoms with E-state index in [2.05, 4.69) is 29.0 Å². The molecule has 1 saturated carbocycles. The molecular formula is C20H32N2O2. The maximum absolute atomic E-state index is 12.7. The molecule has 0 aromatic carbocycles. The van der Waals surface area contributed by atoms with Gasteiger partial charge in [-0.1, -0.05) is 12.2 Å². The van der Waals surface area contributed by atoms with Gasteiger partial charge < -0.3 is 14.5 Å². The van der Waals surface area contributed by atoms with Gasteiger partial charge in [0.05, 0.1) is 6.61 Å². The molecule has 0 aromatic rings. The molecule has 1 spiro atoms. The van der Waals surface area contributed by atoms with Crippen LogP contribution in [0.2, 0.25) is 0 Å². The van der Waals surface area contributed by atoms with Crippen LogP contribution in [0.3, 0.4) is 0 Å². The van der Waals surface area contributed by atoms with E-state index >= 15 is 0 Å². The molecule has 24 heavy (non-hydrogen) atoms. The Morgan fingerprint density at radius 2 is 1.88 bits per heavy atom. The van der Waals surface area contributed by atoms with Crippen LogP contribution < -0.4 is 0 Å². The summed E-state index contributed by atoms with van der Waals surface area (Å²) in [5, 5.41) is 0. The summed E-state index contributed by atoms with van der Waals surface area (Å²) in [6.45, 7) is 6.12. The van der Waals surface area contributed by atoms with E-state index in [1.807, 2.05) is 0 Å². The fraction of sp³-hybridized carbons (Fsp3) is 0.850. The average Bonchev–Trinajstić information content (AvgIpc) is 3.14.